The molecule has 1 aromatic heterocycles. The zero-order valence-corrected chi connectivity index (χ0v) is 13.2. The van der Waals surface area contributed by atoms with Crippen LogP contribution in [0.25, 0.3) is 11.0 Å². The predicted octanol–water partition coefficient (Wildman–Crippen LogP) is 2.77. The van der Waals surface area contributed by atoms with Gasteiger partial charge in [-0.3, -0.25) is 4.79 Å². The first-order valence-corrected chi connectivity index (χ1v) is 7.61. The number of fused-ring (bicyclic) bond motifs is 1. The minimum atomic E-state index is -0.566. The molecule has 0 aliphatic rings. The van der Waals surface area contributed by atoms with Crippen molar-refractivity contribution in [1.82, 2.24) is 5.32 Å². The van der Waals surface area contributed by atoms with Crippen LogP contribution >= 0.6 is 0 Å². The van der Waals surface area contributed by atoms with Crippen molar-refractivity contribution in [1.29, 1.82) is 0 Å². The van der Waals surface area contributed by atoms with Gasteiger partial charge in [0, 0.05) is 24.1 Å². The number of methoxy groups -OCH3 is 1. The zero-order chi connectivity index (χ0) is 16.9. The van der Waals surface area contributed by atoms with Crippen LogP contribution in [-0.4, -0.2) is 19.6 Å². The van der Waals surface area contributed by atoms with Crippen LogP contribution in [-0.2, 0) is 6.42 Å². The van der Waals surface area contributed by atoms with Crippen molar-refractivity contribution >= 4 is 16.9 Å². The minimum absolute atomic E-state index is 0.297. The summed E-state index contributed by atoms with van der Waals surface area (Å²) in [6, 6.07) is 16.1. The molecule has 0 unspecified atom stereocenters. The summed E-state index contributed by atoms with van der Waals surface area (Å²) in [5.41, 5.74) is 1.20. The molecule has 3 aromatic rings. The molecule has 0 aliphatic heterocycles. The Labute approximate surface area is 138 Å². The van der Waals surface area contributed by atoms with E-state index in [0.717, 1.165) is 12.0 Å². The molecule has 0 saturated heterocycles. The second-order valence-electron chi connectivity index (χ2n) is 5.33. The van der Waals surface area contributed by atoms with Gasteiger partial charge >= 0.3 is 5.63 Å². The molecule has 1 N–H and O–H groups in total. The smallest absolute Gasteiger partial charge is 0.337 e. The van der Waals surface area contributed by atoms with Gasteiger partial charge in [-0.15, -0.1) is 0 Å². The molecule has 122 valence electrons. The van der Waals surface area contributed by atoms with Crippen LogP contribution in [0, 0.1) is 0 Å². The Morgan fingerprint density at radius 2 is 1.92 bits per heavy atom. The molecule has 0 saturated carbocycles. The van der Waals surface area contributed by atoms with Gasteiger partial charge in [0.05, 0.1) is 12.7 Å². The highest BCUT2D eigenvalue weighted by Gasteiger charge is 2.13. The van der Waals surface area contributed by atoms with Gasteiger partial charge in [0.25, 0.3) is 5.91 Å². The number of benzene rings is 2. The van der Waals surface area contributed by atoms with E-state index in [4.69, 9.17) is 9.15 Å². The number of nitrogens with one attached hydrogen (secondary N) is 1. The van der Waals surface area contributed by atoms with E-state index in [0.29, 0.717) is 28.8 Å². The summed E-state index contributed by atoms with van der Waals surface area (Å²) in [7, 11) is 1.53. The van der Waals surface area contributed by atoms with Crippen LogP contribution in [0.4, 0.5) is 0 Å². The summed E-state index contributed by atoms with van der Waals surface area (Å²) in [4.78, 5) is 24.1. The van der Waals surface area contributed by atoms with E-state index in [-0.39, 0.29) is 5.91 Å². The molecule has 0 radical (unpaired) electrons. The fraction of sp³-hybridized carbons (Fsp3) is 0.158. The predicted molar refractivity (Wildman–Crippen MR) is 91.5 cm³/mol. The average Bonchev–Trinajstić information content (AvgIpc) is 2.61. The molecule has 24 heavy (non-hydrogen) atoms. The van der Waals surface area contributed by atoms with E-state index in [1.54, 1.807) is 18.2 Å². The number of hydrogen-bond acceptors (Lipinski definition) is 4. The Kier molecular flexibility index (Phi) is 4.61. The van der Waals surface area contributed by atoms with Gasteiger partial charge in [-0.2, -0.15) is 0 Å². The summed E-state index contributed by atoms with van der Waals surface area (Å²) in [5.74, 6) is 0.265. The van der Waals surface area contributed by atoms with Crippen LogP contribution < -0.4 is 15.7 Å². The highest BCUT2D eigenvalue weighted by molar-refractivity contribution is 6.05. The lowest BCUT2D eigenvalue weighted by Crippen LogP contribution is -2.26. The Balaban J connectivity index is 1.80. The monoisotopic (exact) mass is 323 g/mol. The van der Waals surface area contributed by atoms with Crippen molar-refractivity contribution in [2.45, 2.75) is 6.42 Å². The lowest BCUT2D eigenvalue weighted by molar-refractivity contribution is 0.0955. The third-order valence-electron chi connectivity index (χ3n) is 3.74. The summed E-state index contributed by atoms with van der Waals surface area (Å²) in [6.45, 7) is 0.487. The molecule has 5 heteroatoms. The Morgan fingerprint density at radius 1 is 1.12 bits per heavy atom. The third-order valence-corrected chi connectivity index (χ3v) is 3.74. The maximum absolute atomic E-state index is 12.4. The average molecular weight is 323 g/mol. The van der Waals surface area contributed by atoms with Crippen molar-refractivity contribution in [3.05, 3.63) is 76.1 Å². The SMILES string of the molecule is COc1ccc2c(C(=O)NCCc3ccccc3)cc(=O)oc2c1. The quantitative estimate of drug-likeness (QED) is 0.733. The largest absolute Gasteiger partial charge is 0.497 e. The Hall–Kier alpha value is -3.08. The van der Waals surface area contributed by atoms with Crippen LogP contribution in [0.5, 0.6) is 5.75 Å². The molecule has 1 heterocycles. The summed E-state index contributed by atoms with van der Waals surface area (Å²) >= 11 is 0. The molecule has 0 spiro atoms. The number of ether oxygens (including phenoxy) is 1. The van der Waals surface area contributed by atoms with Gasteiger partial charge in [-0.25, -0.2) is 4.79 Å². The number of rotatable bonds is 5. The van der Waals surface area contributed by atoms with Crippen molar-refractivity contribution in [3.63, 3.8) is 0 Å². The van der Waals surface area contributed by atoms with Gasteiger partial charge < -0.3 is 14.5 Å². The first kappa shape index (κ1) is 15.8. The molecule has 0 aliphatic carbocycles. The fourth-order valence-corrected chi connectivity index (χ4v) is 2.52. The Morgan fingerprint density at radius 3 is 2.67 bits per heavy atom. The van der Waals surface area contributed by atoms with Gasteiger partial charge in [-0.05, 0) is 24.1 Å². The lowest BCUT2D eigenvalue weighted by atomic mass is 10.1. The van der Waals surface area contributed by atoms with Crippen LogP contribution in [0.2, 0.25) is 0 Å². The van der Waals surface area contributed by atoms with E-state index in [9.17, 15) is 9.59 Å². The van der Waals surface area contributed by atoms with Gasteiger partial charge in [0.15, 0.2) is 0 Å². The van der Waals surface area contributed by atoms with Crippen LogP contribution in [0.15, 0.2) is 63.8 Å². The third kappa shape index (κ3) is 3.46. The molecule has 0 atom stereocenters. The maximum atomic E-state index is 12.4. The summed E-state index contributed by atoms with van der Waals surface area (Å²) in [6.07, 6.45) is 0.722. The second-order valence-corrected chi connectivity index (χ2v) is 5.33. The van der Waals surface area contributed by atoms with E-state index in [1.807, 2.05) is 30.3 Å². The van der Waals surface area contributed by atoms with Crippen LogP contribution in [0.1, 0.15) is 15.9 Å². The number of carbonyl (C=O) groups is 1. The standard InChI is InChI=1S/C19H17NO4/c1-23-14-7-8-15-16(12-18(21)24-17(15)11-14)19(22)20-10-9-13-5-3-2-4-6-13/h2-8,11-12H,9-10H2,1H3,(H,20,22). The van der Waals surface area contributed by atoms with E-state index >= 15 is 0 Å². The maximum Gasteiger partial charge on any atom is 0.337 e. The normalized spacial score (nSPS) is 10.5. The van der Waals surface area contributed by atoms with Gasteiger partial charge in [0.1, 0.15) is 11.3 Å². The Bertz CT molecular complexity index is 916. The second kappa shape index (κ2) is 7.00. The molecule has 5 nitrogen and oxygen atoms in total. The summed E-state index contributed by atoms with van der Waals surface area (Å²) < 4.78 is 10.3. The van der Waals surface area contributed by atoms with Gasteiger partial charge in [-0.1, -0.05) is 30.3 Å². The fourth-order valence-electron chi connectivity index (χ4n) is 2.52. The first-order chi connectivity index (χ1) is 11.7. The van der Waals surface area contributed by atoms with Crippen molar-refractivity contribution in [2.75, 3.05) is 13.7 Å². The highest BCUT2D eigenvalue weighted by Crippen LogP contribution is 2.22. The lowest BCUT2D eigenvalue weighted by Gasteiger charge is -2.08. The van der Waals surface area contributed by atoms with E-state index in [1.165, 1.54) is 13.2 Å². The first-order valence-electron chi connectivity index (χ1n) is 7.61. The number of hydrogen-bond donors (Lipinski definition) is 1. The molecule has 0 fully saturated rings. The molecule has 3 rings (SSSR count). The molecule has 0 bridgehead atoms. The number of amides is 1. The van der Waals surface area contributed by atoms with Crippen LogP contribution in [0.3, 0.4) is 0 Å². The summed E-state index contributed by atoms with van der Waals surface area (Å²) in [5, 5.41) is 3.42. The molecule has 2 aromatic carbocycles. The van der Waals surface area contributed by atoms with Gasteiger partial charge in [0.2, 0.25) is 0 Å². The minimum Gasteiger partial charge on any atom is -0.497 e. The topological polar surface area (TPSA) is 68.5 Å². The highest BCUT2D eigenvalue weighted by atomic mass is 16.5. The van der Waals surface area contributed by atoms with E-state index in [2.05, 4.69) is 5.32 Å². The van der Waals surface area contributed by atoms with Crippen molar-refractivity contribution < 1.29 is 13.9 Å². The number of carbonyl (C=O) groups excluding carboxylic acids is 1. The molecular formula is C19H17NO4. The zero-order valence-electron chi connectivity index (χ0n) is 13.2. The molecular weight excluding hydrogens is 306 g/mol. The van der Waals surface area contributed by atoms with Crippen molar-refractivity contribution in [2.24, 2.45) is 0 Å². The van der Waals surface area contributed by atoms with Crippen molar-refractivity contribution in [3.8, 4) is 5.75 Å². The molecule has 1 amide bonds. The van der Waals surface area contributed by atoms with E-state index < -0.39 is 5.63 Å².